The molecule has 0 spiro atoms. The van der Waals surface area contributed by atoms with E-state index in [-0.39, 0.29) is 0 Å². The highest BCUT2D eigenvalue weighted by Crippen LogP contribution is 2.56. The first-order valence-corrected chi connectivity index (χ1v) is 20.9. The van der Waals surface area contributed by atoms with Crippen LogP contribution in [0.15, 0.2) is 219 Å². The van der Waals surface area contributed by atoms with E-state index in [1.165, 1.54) is 88.1 Å². The Labute approximate surface area is 352 Å². The Morgan fingerprint density at radius 1 is 0.328 bits per heavy atom. The van der Waals surface area contributed by atoms with Crippen LogP contribution in [0.1, 0.15) is 0 Å². The molecule has 4 heterocycles. The third kappa shape index (κ3) is 4.97. The van der Waals surface area contributed by atoms with Gasteiger partial charge in [-0.1, -0.05) is 140 Å². The van der Waals surface area contributed by atoms with E-state index in [0.29, 0.717) is 0 Å². The van der Waals surface area contributed by atoms with Gasteiger partial charge in [-0.25, -0.2) is 4.98 Å². The predicted molar refractivity (Wildman–Crippen MR) is 255 cm³/mol. The smallest absolute Gasteiger partial charge is 0.137 e. The van der Waals surface area contributed by atoms with Crippen LogP contribution in [0.2, 0.25) is 0 Å². The Bertz CT molecular complexity index is 3690. The summed E-state index contributed by atoms with van der Waals surface area (Å²) >= 11 is 0. The summed E-state index contributed by atoms with van der Waals surface area (Å²) in [5.41, 5.74) is 16.6. The lowest BCUT2D eigenvalue weighted by atomic mass is 9.86. The zero-order chi connectivity index (χ0) is 40.0. The second kappa shape index (κ2) is 13.2. The van der Waals surface area contributed by atoms with E-state index in [9.17, 15) is 0 Å². The monoisotopic (exact) mass is 776 g/mol. The fourth-order valence-electron chi connectivity index (χ4n) is 10.1. The Hall–Kier alpha value is -8.21. The van der Waals surface area contributed by atoms with Crippen LogP contribution in [0.4, 0.5) is 17.1 Å². The number of fused-ring (bicyclic) bond motifs is 9. The Balaban J connectivity index is 1.03. The minimum absolute atomic E-state index is 0.917. The molecule has 1 aliphatic heterocycles. The highest BCUT2D eigenvalue weighted by molar-refractivity contribution is 6.26. The molecule has 0 N–H and O–H groups in total. The summed E-state index contributed by atoms with van der Waals surface area (Å²) < 4.78 is 4.72. The maximum absolute atomic E-state index is 4.73. The van der Waals surface area contributed by atoms with Gasteiger partial charge in [0.25, 0.3) is 0 Å². The van der Waals surface area contributed by atoms with Gasteiger partial charge in [-0.2, -0.15) is 0 Å². The van der Waals surface area contributed by atoms with Crippen molar-refractivity contribution in [2.24, 2.45) is 0 Å². The summed E-state index contributed by atoms with van der Waals surface area (Å²) in [6.45, 7) is 0. The number of rotatable bonds is 5. The van der Waals surface area contributed by atoms with Gasteiger partial charge in [-0.3, -0.25) is 4.57 Å². The zero-order valence-electron chi connectivity index (χ0n) is 33.1. The molecule has 1 aliphatic rings. The Kier molecular flexibility index (Phi) is 7.27. The molecule has 0 bridgehead atoms. The van der Waals surface area contributed by atoms with Crippen molar-refractivity contribution in [2.45, 2.75) is 0 Å². The largest absolute Gasteiger partial charge is 0.309 e. The van der Waals surface area contributed by atoms with Gasteiger partial charge in [-0.15, -0.1) is 0 Å². The van der Waals surface area contributed by atoms with Gasteiger partial charge in [0.2, 0.25) is 0 Å². The molecule has 284 valence electrons. The molecule has 61 heavy (non-hydrogen) atoms. The SMILES string of the molecule is c1ccc(-c2ccc3c4c(cccc24)N(c2ccccc2)c2c-3ccc3c2c2ccccc2n3-c2cccc(-c3ccc4c(c3)c3ccccc3n4-c3ccccn3)c2)cc1. The molecular weight excluding hydrogens is 741 g/mol. The molecule has 0 amide bonds. The first kappa shape index (κ1) is 33.7. The quantitative estimate of drug-likeness (QED) is 0.174. The lowest BCUT2D eigenvalue weighted by Crippen LogP contribution is -2.15. The summed E-state index contributed by atoms with van der Waals surface area (Å²) in [4.78, 5) is 7.24. The summed E-state index contributed by atoms with van der Waals surface area (Å²) in [7, 11) is 0. The lowest BCUT2D eigenvalue weighted by Gasteiger charge is -2.34. The highest BCUT2D eigenvalue weighted by Gasteiger charge is 2.31. The number of pyridine rings is 1. The zero-order valence-corrected chi connectivity index (χ0v) is 33.1. The van der Waals surface area contributed by atoms with Gasteiger partial charge in [0.05, 0.1) is 33.4 Å². The minimum Gasteiger partial charge on any atom is -0.309 e. The number of para-hydroxylation sites is 3. The van der Waals surface area contributed by atoms with Crippen LogP contribution in [0.3, 0.4) is 0 Å². The summed E-state index contributed by atoms with van der Waals surface area (Å²) in [5.74, 6) is 0.917. The van der Waals surface area contributed by atoms with E-state index in [1.807, 2.05) is 18.3 Å². The highest BCUT2D eigenvalue weighted by atomic mass is 15.2. The number of aromatic nitrogens is 3. The van der Waals surface area contributed by atoms with Gasteiger partial charge >= 0.3 is 0 Å². The average molecular weight is 777 g/mol. The number of benzene rings is 9. The van der Waals surface area contributed by atoms with Crippen LogP contribution in [-0.4, -0.2) is 14.1 Å². The molecule has 0 fully saturated rings. The summed E-state index contributed by atoms with van der Waals surface area (Å²) in [5, 5.41) is 7.41. The van der Waals surface area contributed by atoms with E-state index in [4.69, 9.17) is 4.98 Å². The molecule has 0 unspecified atom stereocenters. The van der Waals surface area contributed by atoms with Crippen molar-refractivity contribution in [3.05, 3.63) is 219 Å². The normalized spacial score (nSPS) is 12.2. The number of hydrogen-bond donors (Lipinski definition) is 0. The van der Waals surface area contributed by atoms with E-state index >= 15 is 0 Å². The molecule has 4 heteroatoms. The summed E-state index contributed by atoms with van der Waals surface area (Å²) in [6.07, 6.45) is 1.86. The molecule has 9 aromatic carbocycles. The van der Waals surface area contributed by atoms with E-state index < -0.39 is 0 Å². The average Bonchev–Trinajstić information content (AvgIpc) is 3.85. The second-order valence-corrected chi connectivity index (χ2v) is 15.9. The van der Waals surface area contributed by atoms with Crippen LogP contribution >= 0.6 is 0 Å². The van der Waals surface area contributed by atoms with Gasteiger partial charge in [-0.05, 0) is 106 Å². The van der Waals surface area contributed by atoms with Crippen molar-refractivity contribution >= 4 is 71.4 Å². The van der Waals surface area contributed by atoms with Crippen LogP contribution in [0, 0.1) is 0 Å². The maximum Gasteiger partial charge on any atom is 0.137 e. The maximum atomic E-state index is 4.73. The van der Waals surface area contributed by atoms with Gasteiger partial charge in [0.15, 0.2) is 0 Å². The molecule has 0 saturated carbocycles. The molecule has 3 aromatic heterocycles. The van der Waals surface area contributed by atoms with Crippen molar-refractivity contribution < 1.29 is 0 Å². The van der Waals surface area contributed by atoms with E-state index in [2.05, 4.69) is 214 Å². The van der Waals surface area contributed by atoms with Crippen LogP contribution in [0.25, 0.3) is 99.3 Å². The fourth-order valence-corrected chi connectivity index (χ4v) is 10.1. The van der Waals surface area contributed by atoms with Crippen LogP contribution in [0.5, 0.6) is 0 Å². The fraction of sp³-hybridized carbons (Fsp3) is 0. The topological polar surface area (TPSA) is 26.0 Å². The Morgan fingerprint density at radius 3 is 1.79 bits per heavy atom. The van der Waals surface area contributed by atoms with E-state index in [1.54, 1.807) is 0 Å². The second-order valence-electron chi connectivity index (χ2n) is 15.9. The van der Waals surface area contributed by atoms with Crippen LogP contribution in [-0.2, 0) is 0 Å². The Morgan fingerprint density at radius 2 is 0.951 bits per heavy atom. The predicted octanol–water partition coefficient (Wildman–Crippen LogP) is 15.2. The molecule has 13 rings (SSSR count). The molecular formula is C57H36N4. The van der Waals surface area contributed by atoms with Crippen molar-refractivity contribution in [2.75, 3.05) is 4.90 Å². The third-order valence-electron chi connectivity index (χ3n) is 12.7. The van der Waals surface area contributed by atoms with Crippen molar-refractivity contribution in [1.29, 1.82) is 0 Å². The van der Waals surface area contributed by atoms with Crippen molar-refractivity contribution in [3.8, 4) is 44.9 Å². The van der Waals surface area contributed by atoms with Gasteiger partial charge < -0.3 is 9.47 Å². The molecule has 0 aliphatic carbocycles. The molecule has 12 aromatic rings. The number of nitrogens with zero attached hydrogens (tertiary/aromatic N) is 4. The number of anilines is 3. The number of hydrogen-bond acceptors (Lipinski definition) is 2. The standard InChI is InChI=1S/C57H36N4/c1-3-15-37(16-4-1)42-29-30-45-46-31-33-53-56(57(46)60(40-18-5-2-6-19-40)52-26-14-23-44(42)55(45)52)47-22-8-10-25-50(47)59(53)41-20-13-17-38(35-41)39-28-32-51-48(36-39)43-21-7-9-24-49(43)61(51)54-27-11-12-34-58-54/h1-36H. The van der Waals surface area contributed by atoms with Crippen LogP contribution < -0.4 is 4.90 Å². The molecule has 0 atom stereocenters. The first-order valence-electron chi connectivity index (χ1n) is 20.9. The summed E-state index contributed by atoms with van der Waals surface area (Å²) in [6, 6.07) is 77.3. The van der Waals surface area contributed by atoms with Crippen molar-refractivity contribution in [3.63, 3.8) is 0 Å². The minimum atomic E-state index is 0.917. The van der Waals surface area contributed by atoms with Gasteiger partial charge in [0.1, 0.15) is 5.82 Å². The van der Waals surface area contributed by atoms with Crippen molar-refractivity contribution in [1.82, 2.24) is 14.1 Å². The van der Waals surface area contributed by atoms with E-state index in [0.717, 1.165) is 28.2 Å². The molecule has 0 radical (unpaired) electrons. The molecule has 0 saturated heterocycles. The third-order valence-corrected chi connectivity index (χ3v) is 12.7. The van der Waals surface area contributed by atoms with Gasteiger partial charge in [0, 0.05) is 50.1 Å². The lowest BCUT2D eigenvalue weighted by molar-refractivity contribution is 1.08. The molecule has 4 nitrogen and oxygen atoms in total. The first-order chi connectivity index (χ1) is 30.3.